The molecule has 0 fully saturated rings. The molecule has 0 aromatic heterocycles. The van der Waals surface area contributed by atoms with Gasteiger partial charge >= 0.3 is 0 Å². The largest absolute Gasteiger partial charge is 0.317 e. The minimum atomic E-state index is -0.0396. The molecule has 0 aromatic carbocycles. The number of hydrogen-bond donors (Lipinski definition) is 0. The van der Waals surface area contributed by atoms with Crippen molar-refractivity contribution in [1.82, 2.24) is 4.90 Å². The van der Waals surface area contributed by atoms with Gasteiger partial charge in [0.2, 0.25) is 5.91 Å². The molecule has 1 amide bonds. The van der Waals surface area contributed by atoms with Crippen LogP contribution in [0.4, 0.5) is 0 Å². The summed E-state index contributed by atoms with van der Waals surface area (Å²) in [4.78, 5) is 12.5. The zero-order valence-electron chi connectivity index (χ0n) is 7.31. The molecule has 0 aliphatic rings. The lowest BCUT2D eigenvalue weighted by molar-refractivity contribution is -0.126. The molecule has 0 atom stereocenters. The first-order chi connectivity index (χ1) is 5.57. The Morgan fingerprint density at radius 1 is 1.50 bits per heavy atom. The standard InChI is InChI=1S/C8H13Cl2NO/c1-3-4-5-11(7(2)12)6-8(9)10/h6H,3-5H2,1-2H3. The van der Waals surface area contributed by atoms with E-state index < -0.39 is 0 Å². The average molecular weight is 210 g/mol. The monoisotopic (exact) mass is 209 g/mol. The van der Waals surface area contributed by atoms with Gasteiger partial charge in [0, 0.05) is 19.7 Å². The second kappa shape index (κ2) is 6.32. The van der Waals surface area contributed by atoms with E-state index in [0.29, 0.717) is 6.54 Å². The molecule has 0 saturated heterocycles. The third kappa shape index (κ3) is 5.44. The average Bonchev–Trinajstić information content (AvgIpc) is 1.96. The highest BCUT2D eigenvalue weighted by atomic mass is 35.5. The lowest BCUT2D eigenvalue weighted by Crippen LogP contribution is -2.23. The molecule has 4 heteroatoms. The summed E-state index contributed by atoms with van der Waals surface area (Å²) in [6, 6.07) is 0. The first kappa shape index (κ1) is 11.8. The van der Waals surface area contributed by atoms with Crippen molar-refractivity contribution in [3.05, 3.63) is 10.7 Å². The fraction of sp³-hybridized carbons (Fsp3) is 0.625. The van der Waals surface area contributed by atoms with Crippen LogP contribution in [0.25, 0.3) is 0 Å². The van der Waals surface area contributed by atoms with E-state index in [2.05, 4.69) is 6.92 Å². The van der Waals surface area contributed by atoms with Gasteiger partial charge in [-0.1, -0.05) is 36.5 Å². The molecule has 70 valence electrons. The van der Waals surface area contributed by atoms with Gasteiger partial charge in [-0.15, -0.1) is 0 Å². The van der Waals surface area contributed by atoms with Gasteiger partial charge in [-0.2, -0.15) is 0 Å². The Kier molecular flexibility index (Phi) is 6.21. The summed E-state index contributed by atoms with van der Waals surface area (Å²) in [5.41, 5.74) is 0. The normalized spacial score (nSPS) is 9.33. The predicted molar refractivity (Wildman–Crippen MR) is 52.1 cm³/mol. The molecule has 0 heterocycles. The van der Waals surface area contributed by atoms with Gasteiger partial charge in [0.05, 0.1) is 0 Å². The highest BCUT2D eigenvalue weighted by Gasteiger charge is 2.04. The maximum absolute atomic E-state index is 10.9. The van der Waals surface area contributed by atoms with Crippen molar-refractivity contribution < 1.29 is 4.79 Å². The van der Waals surface area contributed by atoms with E-state index in [1.165, 1.54) is 18.0 Å². The molecule has 0 aromatic rings. The molecule has 0 radical (unpaired) electrons. The van der Waals surface area contributed by atoms with Gasteiger partial charge in [0.25, 0.3) is 0 Å². The van der Waals surface area contributed by atoms with Gasteiger partial charge in [-0.3, -0.25) is 4.79 Å². The minimum absolute atomic E-state index is 0.0396. The van der Waals surface area contributed by atoms with Crippen LogP contribution in [0.2, 0.25) is 0 Å². The molecule has 12 heavy (non-hydrogen) atoms. The van der Waals surface area contributed by atoms with Crippen LogP contribution in [-0.4, -0.2) is 17.4 Å². The molecule has 2 nitrogen and oxygen atoms in total. The van der Waals surface area contributed by atoms with Crippen LogP contribution >= 0.6 is 23.2 Å². The zero-order valence-corrected chi connectivity index (χ0v) is 8.82. The Morgan fingerprint density at radius 3 is 2.42 bits per heavy atom. The van der Waals surface area contributed by atoms with Gasteiger partial charge in [-0.25, -0.2) is 0 Å². The van der Waals surface area contributed by atoms with Gasteiger partial charge in [0.15, 0.2) is 0 Å². The van der Waals surface area contributed by atoms with Gasteiger partial charge in [-0.05, 0) is 6.42 Å². The van der Waals surface area contributed by atoms with Crippen molar-refractivity contribution >= 4 is 29.1 Å². The van der Waals surface area contributed by atoms with Crippen LogP contribution < -0.4 is 0 Å². The van der Waals surface area contributed by atoms with Crippen LogP contribution in [0.5, 0.6) is 0 Å². The second-order valence-electron chi connectivity index (χ2n) is 2.48. The fourth-order valence-electron chi connectivity index (χ4n) is 0.759. The summed E-state index contributed by atoms with van der Waals surface area (Å²) in [6.45, 7) is 4.22. The molecule has 0 spiro atoms. The minimum Gasteiger partial charge on any atom is -0.317 e. The molecule has 0 unspecified atom stereocenters. The van der Waals surface area contributed by atoms with E-state index in [-0.39, 0.29) is 10.4 Å². The van der Waals surface area contributed by atoms with Crippen molar-refractivity contribution in [2.45, 2.75) is 26.7 Å². The molecule has 0 aliphatic heterocycles. The Balaban J connectivity index is 4.05. The summed E-state index contributed by atoms with van der Waals surface area (Å²) in [6.07, 6.45) is 3.44. The number of hydrogen-bond acceptors (Lipinski definition) is 1. The Bertz CT molecular complexity index is 176. The Labute approximate surface area is 83.1 Å². The van der Waals surface area contributed by atoms with Gasteiger partial charge in [0.1, 0.15) is 4.49 Å². The van der Waals surface area contributed by atoms with Crippen LogP contribution in [-0.2, 0) is 4.79 Å². The van der Waals surface area contributed by atoms with E-state index >= 15 is 0 Å². The summed E-state index contributed by atoms with van der Waals surface area (Å²) >= 11 is 10.9. The van der Waals surface area contributed by atoms with E-state index in [9.17, 15) is 4.79 Å². The summed E-state index contributed by atoms with van der Waals surface area (Å²) in [5.74, 6) is -0.0396. The topological polar surface area (TPSA) is 20.3 Å². The molecular formula is C8H13Cl2NO. The number of carbonyl (C=O) groups is 1. The van der Waals surface area contributed by atoms with Crippen LogP contribution in [0.1, 0.15) is 26.7 Å². The van der Waals surface area contributed by atoms with Crippen molar-refractivity contribution in [2.24, 2.45) is 0 Å². The summed E-state index contributed by atoms with van der Waals surface area (Å²) in [7, 11) is 0. The van der Waals surface area contributed by atoms with Crippen molar-refractivity contribution in [2.75, 3.05) is 6.54 Å². The van der Waals surface area contributed by atoms with Crippen LogP contribution in [0.3, 0.4) is 0 Å². The lowest BCUT2D eigenvalue weighted by Gasteiger charge is -2.15. The molecule has 0 N–H and O–H groups in total. The third-order valence-electron chi connectivity index (χ3n) is 1.41. The first-order valence-electron chi connectivity index (χ1n) is 3.88. The van der Waals surface area contributed by atoms with E-state index in [1.54, 1.807) is 0 Å². The summed E-state index contributed by atoms with van der Waals surface area (Å²) < 4.78 is 0.112. The van der Waals surface area contributed by atoms with Crippen molar-refractivity contribution in [3.63, 3.8) is 0 Å². The number of carbonyl (C=O) groups excluding carboxylic acids is 1. The lowest BCUT2D eigenvalue weighted by atomic mass is 10.3. The number of nitrogens with zero attached hydrogens (tertiary/aromatic N) is 1. The maximum atomic E-state index is 10.9. The molecule has 0 bridgehead atoms. The maximum Gasteiger partial charge on any atom is 0.223 e. The second-order valence-corrected chi connectivity index (χ2v) is 3.49. The number of amides is 1. The van der Waals surface area contributed by atoms with E-state index in [1.807, 2.05) is 0 Å². The smallest absolute Gasteiger partial charge is 0.223 e. The number of rotatable bonds is 4. The zero-order chi connectivity index (χ0) is 9.56. The van der Waals surface area contributed by atoms with E-state index in [0.717, 1.165) is 12.8 Å². The first-order valence-corrected chi connectivity index (χ1v) is 4.63. The molecule has 0 rings (SSSR count). The van der Waals surface area contributed by atoms with Crippen molar-refractivity contribution in [3.8, 4) is 0 Å². The molecule has 0 saturated carbocycles. The number of unbranched alkanes of at least 4 members (excludes halogenated alkanes) is 1. The quantitative estimate of drug-likeness (QED) is 0.698. The third-order valence-corrected chi connectivity index (χ3v) is 1.61. The number of halogens is 2. The van der Waals surface area contributed by atoms with Gasteiger partial charge < -0.3 is 4.90 Å². The Morgan fingerprint density at radius 2 is 2.08 bits per heavy atom. The van der Waals surface area contributed by atoms with Crippen LogP contribution in [0, 0.1) is 0 Å². The SMILES string of the molecule is CCCCN(C=C(Cl)Cl)C(C)=O. The van der Waals surface area contributed by atoms with Crippen LogP contribution in [0.15, 0.2) is 10.7 Å². The Hall–Kier alpha value is -0.210. The summed E-state index contributed by atoms with van der Waals surface area (Å²) in [5, 5.41) is 0. The fourth-order valence-corrected chi connectivity index (χ4v) is 0.995. The highest BCUT2D eigenvalue weighted by Crippen LogP contribution is 2.09. The predicted octanol–water partition coefficient (Wildman–Crippen LogP) is 2.91. The highest BCUT2D eigenvalue weighted by molar-refractivity contribution is 6.55. The van der Waals surface area contributed by atoms with E-state index in [4.69, 9.17) is 23.2 Å². The molecular weight excluding hydrogens is 197 g/mol. The molecule has 0 aliphatic carbocycles. The van der Waals surface area contributed by atoms with Crippen molar-refractivity contribution in [1.29, 1.82) is 0 Å².